The Morgan fingerprint density at radius 2 is 1.64 bits per heavy atom. The van der Waals surface area contributed by atoms with Crippen molar-refractivity contribution in [2.75, 3.05) is 43.4 Å². The number of benzene rings is 1. The van der Waals surface area contributed by atoms with Crippen molar-refractivity contribution in [3.63, 3.8) is 0 Å². The Bertz CT molecular complexity index is 960. The van der Waals surface area contributed by atoms with E-state index in [9.17, 15) is 0 Å². The SMILES string of the molecule is Cc1cc(Nc2cc(N3CCN(C)CC3)nc(-c3cc(Cl)cc(Cl)c3)n2)n[nH]1. The Morgan fingerprint density at radius 3 is 2.29 bits per heavy atom. The van der Waals surface area contributed by atoms with E-state index in [0.717, 1.165) is 43.3 Å². The van der Waals surface area contributed by atoms with Crippen LogP contribution in [0.25, 0.3) is 11.4 Å². The summed E-state index contributed by atoms with van der Waals surface area (Å²) < 4.78 is 0. The third kappa shape index (κ3) is 4.38. The number of H-pyrrole nitrogens is 1. The lowest BCUT2D eigenvalue weighted by Crippen LogP contribution is -2.44. The van der Waals surface area contributed by atoms with Crippen molar-refractivity contribution >= 4 is 40.7 Å². The van der Waals surface area contributed by atoms with E-state index in [2.05, 4.69) is 37.3 Å². The third-order valence-corrected chi connectivity index (χ3v) is 5.06. The molecule has 1 aliphatic rings. The number of halogens is 2. The number of piperazine rings is 1. The van der Waals surface area contributed by atoms with E-state index in [4.69, 9.17) is 28.2 Å². The molecule has 1 fully saturated rings. The van der Waals surface area contributed by atoms with Gasteiger partial charge in [0.05, 0.1) is 0 Å². The number of nitrogens with zero attached hydrogens (tertiary/aromatic N) is 5. The minimum absolute atomic E-state index is 0.550. The predicted octanol–water partition coefficient (Wildman–Crippen LogP) is 3.98. The minimum atomic E-state index is 0.550. The molecule has 0 saturated carbocycles. The maximum atomic E-state index is 6.19. The fraction of sp³-hybridized carbons (Fsp3) is 0.316. The van der Waals surface area contributed by atoms with Crippen molar-refractivity contribution in [1.82, 2.24) is 25.1 Å². The second-order valence-electron chi connectivity index (χ2n) is 6.94. The molecule has 0 amide bonds. The molecule has 0 unspecified atom stereocenters. The highest BCUT2D eigenvalue weighted by Gasteiger charge is 2.18. The van der Waals surface area contributed by atoms with Crippen LogP contribution in [-0.2, 0) is 0 Å². The lowest BCUT2D eigenvalue weighted by atomic mass is 10.2. The van der Waals surface area contributed by atoms with Crippen LogP contribution in [0.4, 0.5) is 17.5 Å². The van der Waals surface area contributed by atoms with Crippen molar-refractivity contribution < 1.29 is 0 Å². The first-order chi connectivity index (χ1) is 13.5. The molecule has 1 aromatic carbocycles. The standard InChI is InChI=1S/C19H21Cl2N7/c1-12-7-17(26-25-12)22-16-11-18(28-5-3-27(2)4-6-28)24-19(23-16)13-8-14(20)10-15(21)9-13/h7-11H,3-6H2,1-2H3,(H2,22,23,24,25,26). The maximum Gasteiger partial charge on any atom is 0.163 e. The molecule has 3 heterocycles. The van der Waals surface area contributed by atoms with E-state index in [1.807, 2.05) is 31.2 Å². The molecule has 2 N–H and O–H groups in total. The quantitative estimate of drug-likeness (QED) is 0.668. The largest absolute Gasteiger partial charge is 0.354 e. The van der Waals surface area contributed by atoms with Crippen molar-refractivity contribution in [3.8, 4) is 11.4 Å². The van der Waals surface area contributed by atoms with Gasteiger partial charge in [0.25, 0.3) is 0 Å². The highest BCUT2D eigenvalue weighted by molar-refractivity contribution is 6.35. The van der Waals surface area contributed by atoms with Crippen LogP contribution in [0.5, 0.6) is 0 Å². The van der Waals surface area contributed by atoms with Gasteiger partial charge in [-0.1, -0.05) is 23.2 Å². The summed E-state index contributed by atoms with van der Waals surface area (Å²) >= 11 is 12.4. The molecule has 0 radical (unpaired) electrons. The van der Waals surface area contributed by atoms with E-state index in [-0.39, 0.29) is 0 Å². The monoisotopic (exact) mass is 417 g/mol. The first-order valence-corrected chi connectivity index (χ1v) is 9.80. The number of aromatic nitrogens is 4. The van der Waals surface area contributed by atoms with Crippen LogP contribution in [0.2, 0.25) is 10.0 Å². The fourth-order valence-corrected chi connectivity index (χ4v) is 3.65. The zero-order chi connectivity index (χ0) is 19.7. The van der Waals surface area contributed by atoms with Crippen LogP contribution in [0.3, 0.4) is 0 Å². The first-order valence-electron chi connectivity index (χ1n) is 9.04. The Balaban J connectivity index is 1.73. The summed E-state index contributed by atoms with van der Waals surface area (Å²) in [5, 5.41) is 11.5. The van der Waals surface area contributed by atoms with Crippen LogP contribution >= 0.6 is 23.2 Å². The molecule has 146 valence electrons. The van der Waals surface area contributed by atoms with Gasteiger partial charge in [-0.15, -0.1) is 0 Å². The zero-order valence-electron chi connectivity index (χ0n) is 15.7. The molecule has 0 spiro atoms. The third-order valence-electron chi connectivity index (χ3n) is 4.62. The Morgan fingerprint density at radius 1 is 0.929 bits per heavy atom. The molecule has 3 aromatic rings. The summed E-state index contributed by atoms with van der Waals surface area (Å²) in [6.45, 7) is 5.74. The van der Waals surface area contributed by atoms with Crippen LogP contribution < -0.4 is 10.2 Å². The molecular weight excluding hydrogens is 397 g/mol. The van der Waals surface area contributed by atoms with E-state index in [1.54, 1.807) is 6.07 Å². The maximum absolute atomic E-state index is 6.19. The summed E-state index contributed by atoms with van der Waals surface area (Å²) in [5.74, 6) is 2.80. The van der Waals surface area contributed by atoms with Crippen LogP contribution in [-0.4, -0.2) is 58.3 Å². The molecule has 0 bridgehead atoms. The smallest absolute Gasteiger partial charge is 0.163 e. The van der Waals surface area contributed by atoms with Gasteiger partial charge >= 0.3 is 0 Å². The summed E-state index contributed by atoms with van der Waals surface area (Å²) in [6, 6.07) is 9.21. The molecule has 0 aliphatic carbocycles. The number of hydrogen-bond donors (Lipinski definition) is 2. The van der Waals surface area contributed by atoms with Crippen LogP contribution in [0.15, 0.2) is 30.3 Å². The Hall–Kier alpha value is -2.35. The topological polar surface area (TPSA) is 73.0 Å². The predicted molar refractivity (Wildman–Crippen MR) is 114 cm³/mol. The summed E-state index contributed by atoms with van der Waals surface area (Å²) in [7, 11) is 2.13. The van der Waals surface area contributed by atoms with E-state index in [0.29, 0.717) is 27.5 Å². The van der Waals surface area contributed by atoms with Crippen LogP contribution in [0.1, 0.15) is 5.69 Å². The first kappa shape index (κ1) is 19.0. The van der Waals surface area contributed by atoms with Gasteiger partial charge in [0.1, 0.15) is 11.6 Å². The fourth-order valence-electron chi connectivity index (χ4n) is 3.12. The van der Waals surface area contributed by atoms with Gasteiger partial charge in [-0.3, -0.25) is 5.10 Å². The summed E-state index contributed by atoms with van der Waals surface area (Å²) in [4.78, 5) is 14.0. The van der Waals surface area contributed by atoms with Gasteiger partial charge in [0.15, 0.2) is 11.6 Å². The average Bonchev–Trinajstić information content (AvgIpc) is 3.06. The molecule has 1 saturated heterocycles. The van der Waals surface area contributed by atoms with E-state index >= 15 is 0 Å². The van der Waals surface area contributed by atoms with Crippen molar-refractivity contribution in [2.45, 2.75) is 6.92 Å². The van der Waals surface area contributed by atoms with Crippen molar-refractivity contribution in [3.05, 3.63) is 46.1 Å². The highest BCUT2D eigenvalue weighted by Crippen LogP contribution is 2.29. The minimum Gasteiger partial charge on any atom is -0.354 e. The number of hydrogen-bond acceptors (Lipinski definition) is 6. The summed E-state index contributed by atoms with van der Waals surface area (Å²) in [5.41, 5.74) is 1.74. The molecule has 1 aliphatic heterocycles. The van der Waals surface area contributed by atoms with Gasteiger partial charge < -0.3 is 15.1 Å². The van der Waals surface area contributed by atoms with Gasteiger partial charge in [-0.2, -0.15) is 5.10 Å². The number of nitrogens with one attached hydrogen (secondary N) is 2. The number of aryl methyl sites for hydroxylation is 1. The molecule has 0 atom stereocenters. The molecular formula is C19H21Cl2N7. The number of anilines is 3. The Kier molecular flexibility index (Phi) is 5.39. The van der Waals surface area contributed by atoms with Crippen LogP contribution in [0, 0.1) is 6.92 Å². The van der Waals surface area contributed by atoms with Crippen molar-refractivity contribution in [1.29, 1.82) is 0 Å². The zero-order valence-corrected chi connectivity index (χ0v) is 17.2. The highest BCUT2D eigenvalue weighted by atomic mass is 35.5. The normalized spacial score (nSPS) is 15.1. The molecule has 9 heteroatoms. The van der Waals surface area contributed by atoms with E-state index < -0.39 is 0 Å². The molecule has 28 heavy (non-hydrogen) atoms. The second-order valence-corrected chi connectivity index (χ2v) is 7.82. The lowest BCUT2D eigenvalue weighted by molar-refractivity contribution is 0.312. The Labute approximate surface area is 173 Å². The van der Waals surface area contributed by atoms with Gasteiger partial charge in [0.2, 0.25) is 0 Å². The van der Waals surface area contributed by atoms with Crippen molar-refractivity contribution in [2.24, 2.45) is 0 Å². The summed E-state index contributed by atoms with van der Waals surface area (Å²) in [6.07, 6.45) is 0. The van der Waals surface area contributed by atoms with Gasteiger partial charge in [0, 0.05) is 59.6 Å². The lowest BCUT2D eigenvalue weighted by Gasteiger charge is -2.33. The van der Waals surface area contributed by atoms with Gasteiger partial charge in [-0.05, 0) is 32.2 Å². The second kappa shape index (κ2) is 7.95. The number of aromatic amines is 1. The van der Waals surface area contributed by atoms with E-state index in [1.165, 1.54) is 0 Å². The molecule has 4 rings (SSSR count). The number of rotatable bonds is 4. The average molecular weight is 418 g/mol. The molecule has 7 nitrogen and oxygen atoms in total. The molecule has 2 aromatic heterocycles. The van der Waals surface area contributed by atoms with Gasteiger partial charge in [-0.25, -0.2) is 9.97 Å². The number of likely N-dealkylation sites (N-methyl/N-ethyl adjacent to an activating group) is 1.